The van der Waals surface area contributed by atoms with Gasteiger partial charge in [0.1, 0.15) is 5.75 Å². The van der Waals surface area contributed by atoms with Crippen LogP contribution in [0.2, 0.25) is 0 Å². The molecule has 1 aliphatic heterocycles. The van der Waals surface area contributed by atoms with Crippen LogP contribution in [0.15, 0.2) is 42.5 Å². The number of hydrogen-bond acceptors (Lipinski definition) is 3. The van der Waals surface area contributed by atoms with E-state index >= 15 is 0 Å². The van der Waals surface area contributed by atoms with E-state index in [1.165, 1.54) is 5.56 Å². The van der Waals surface area contributed by atoms with Gasteiger partial charge in [-0.2, -0.15) is 0 Å². The molecule has 130 valence electrons. The van der Waals surface area contributed by atoms with Crippen LogP contribution in [0.25, 0.3) is 0 Å². The molecule has 1 amide bonds. The molecule has 0 bridgehead atoms. The Morgan fingerprint density at radius 1 is 1.12 bits per heavy atom. The van der Waals surface area contributed by atoms with Crippen molar-refractivity contribution in [2.75, 3.05) is 11.4 Å². The predicted molar refractivity (Wildman–Crippen MR) is 97.8 cm³/mol. The highest BCUT2D eigenvalue weighted by molar-refractivity contribution is 6.00. The number of benzene rings is 2. The van der Waals surface area contributed by atoms with Gasteiger partial charge in [0.25, 0.3) is 0 Å². The number of carbonyl (C=O) groups is 2. The number of esters is 1. The van der Waals surface area contributed by atoms with Gasteiger partial charge in [-0.3, -0.25) is 9.59 Å². The highest BCUT2D eigenvalue weighted by atomic mass is 16.5. The maximum Gasteiger partial charge on any atom is 0.316 e. The Bertz CT molecular complexity index is 775. The van der Waals surface area contributed by atoms with E-state index in [0.717, 1.165) is 23.2 Å². The number of anilines is 1. The molecule has 0 aromatic heterocycles. The van der Waals surface area contributed by atoms with Gasteiger partial charge in [0.05, 0.1) is 5.92 Å². The SMILES string of the molecule is CCc1ccc(OC(=O)[C@@H]2CC(=O)N(c3c(C)cccc3C)C2)cc1. The number of para-hydroxylation sites is 1. The second-order valence-electron chi connectivity index (χ2n) is 6.56. The average Bonchev–Trinajstić information content (AvgIpc) is 2.97. The Kier molecular flexibility index (Phi) is 4.88. The molecule has 3 rings (SSSR count). The lowest BCUT2D eigenvalue weighted by Crippen LogP contribution is -2.28. The van der Waals surface area contributed by atoms with Crippen molar-refractivity contribution in [1.82, 2.24) is 0 Å². The number of carbonyl (C=O) groups excluding carboxylic acids is 2. The van der Waals surface area contributed by atoms with Crippen LogP contribution in [0, 0.1) is 19.8 Å². The summed E-state index contributed by atoms with van der Waals surface area (Å²) in [7, 11) is 0. The maximum absolute atomic E-state index is 12.5. The van der Waals surface area contributed by atoms with Gasteiger partial charge in [-0.25, -0.2) is 0 Å². The van der Waals surface area contributed by atoms with Crippen molar-refractivity contribution in [1.29, 1.82) is 0 Å². The van der Waals surface area contributed by atoms with Crippen molar-refractivity contribution in [2.24, 2.45) is 5.92 Å². The first-order chi connectivity index (χ1) is 12.0. The van der Waals surface area contributed by atoms with Crippen molar-refractivity contribution in [2.45, 2.75) is 33.6 Å². The van der Waals surface area contributed by atoms with Crippen molar-refractivity contribution in [3.05, 3.63) is 59.2 Å². The summed E-state index contributed by atoms with van der Waals surface area (Å²) in [6.45, 7) is 6.41. The third kappa shape index (κ3) is 3.58. The van der Waals surface area contributed by atoms with E-state index in [2.05, 4.69) is 6.92 Å². The minimum absolute atomic E-state index is 0.0271. The smallest absolute Gasteiger partial charge is 0.316 e. The number of hydrogen-bond donors (Lipinski definition) is 0. The highest BCUT2D eigenvalue weighted by Gasteiger charge is 2.37. The van der Waals surface area contributed by atoms with Crippen molar-refractivity contribution in [3.63, 3.8) is 0 Å². The van der Waals surface area contributed by atoms with E-state index < -0.39 is 5.92 Å². The molecule has 1 fully saturated rings. The quantitative estimate of drug-likeness (QED) is 0.629. The Balaban J connectivity index is 1.72. The molecule has 2 aromatic carbocycles. The number of rotatable bonds is 4. The molecule has 0 N–H and O–H groups in total. The normalized spacial score (nSPS) is 17.0. The third-order valence-corrected chi connectivity index (χ3v) is 4.72. The lowest BCUT2D eigenvalue weighted by molar-refractivity contribution is -0.139. The first-order valence-electron chi connectivity index (χ1n) is 8.66. The number of nitrogens with zero attached hydrogens (tertiary/aromatic N) is 1. The van der Waals surface area contributed by atoms with E-state index in [-0.39, 0.29) is 18.3 Å². The Hall–Kier alpha value is -2.62. The molecule has 0 radical (unpaired) electrons. The van der Waals surface area contributed by atoms with Gasteiger partial charge in [0.2, 0.25) is 5.91 Å². The van der Waals surface area contributed by atoms with Crippen molar-refractivity contribution >= 4 is 17.6 Å². The fourth-order valence-corrected chi connectivity index (χ4v) is 3.31. The van der Waals surface area contributed by atoms with Gasteiger partial charge in [-0.1, -0.05) is 37.3 Å². The predicted octanol–water partition coefficient (Wildman–Crippen LogP) is 3.82. The molecule has 4 nitrogen and oxygen atoms in total. The summed E-state index contributed by atoms with van der Waals surface area (Å²) >= 11 is 0. The summed E-state index contributed by atoms with van der Waals surface area (Å²) < 4.78 is 5.47. The summed E-state index contributed by atoms with van der Waals surface area (Å²) in [6.07, 6.45) is 1.13. The zero-order valence-corrected chi connectivity index (χ0v) is 14.9. The van der Waals surface area contributed by atoms with Crippen LogP contribution in [0.3, 0.4) is 0 Å². The van der Waals surface area contributed by atoms with Gasteiger partial charge in [0, 0.05) is 18.7 Å². The average molecular weight is 337 g/mol. The molecule has 4 heteroatoms. The first kappa shape index (κ1) is 17.2. The monoisotopic (exact) mass is 337 g/mol. The van der Waals surface area contributed by atoms with Crippen LogP contribution in [0.1, 0.15) is 30.0 Å². The van der Waals surface area contributed by atoms with Crippen molar-refractivity contribution in [3.8, 4) is 5.75 Å². The van der Waals surface area contributed by atoms with Crippen LogP contribution >= 0.6 is 0 Å². The zero-order valence-electron chi connectivity index (χ0n) is 14.9. The fraction of sp³-hybridized carbons (Fsp3) is 0.333. The van der Waals surface area contributed by atoms with E-state index in [1.807, 2.05) is 44.2 Å². The second-order valence-corrected chi connectivity index (χ2v) is 6.56. The molecule has 1 aliphatic rings. The Labute approximate surface area is 148 Å². The van der Waals surface area contributed by atoms with E-state index in [0.29, 0.717) is 12.3 Å². The molecule has 2 aromatic rings. The summed E-state index contributed by atoms with van der Waals surface area (Å²) in [5.74, 6) is -0.274. The first-order valence-corrected chi connectivity index (χ1v) is 8.66. The number of amides is 1. The lowest BCUT2D eigenvalue weighted by atomic mass is 10.1. The van der Waals surface area contributed by atoms with Gasteiger partial charge in [-0.05, 0) is 49.1 Å². The molecule has 0 saturated carbocycles. The molecule has 0 spiro atoms. The Morgan fingerprint density at radius 3 is 2.36 bits per heavy atom. The highest BCUT2D eigenvalue weighted by Crippen LogP contribution is 2.31. The van der Waals surface area contributed by atoms with E-state index in [9.17, 15) is 9.59 Å². The van der Waals surface area contributed by atoms with Gasteiger partial charge in [0.15, 0.2) is 0 Å². The summed E-state index contributed by atoms with van der Waals surface area (Å²) in [5.41, 5.74) is 4.18. The largest absolute Gasteiger partial charge is 0.426 e. The van der Waals surface area contributed by atoms with Gasteiger partial charge in [-0.15, -0.1) is 0 Å². The molecule has 0 aliphatic carbocycles. The van der Waals surface area contributed by atoms with E-state index in [4.69, 9.17) is 4.74 Å². The maximum atomic E-state index is 12.5. The number of ether oxygens (including phenoxy) is 1. The summed E-state index contributed by atoms with van der Waals surface area (Å²) in [5, 5.41) is 0. The molecule has 25 heavy (non-hydrogen) atoms. The lowest BCUT2D eigenvalue weighted by Gasteiger charge is -2.21. The molecule has 0 unspecified atom stereocenters. The van der Waals surface area contributed by atoms with Crippen LogP contribution < -0.4 is 9.64 Å². The van der Waals surface area contributed by atoms with Crippen LogP contribution in [0.5, 0.6) is 5.75 Å². The molecular weight excluding hydrogens is 314 g/mol. The third-order valence-electron chi connectivity index (χ3n) is 4.72. The molecule has 1 atom stereocenters. The number of aryl methyl sites for hydroxylation is 3. The summed E-state index contributed by atoms with van der Waals surface area (Å²) in [4.78, 5) is 26.6. The summed E-state index contributed by atoms with van der Waals surface area (Å²) in [6, 6.07) is 13.4. The van der Waals surface area contributed by atoms with Crippen LogP contribution in [0.4, 0.5) is 5.69 Å². The molecule has 1 saturated heterocycles. The van der Waals surface area contributed by atoms with E-state index in [1.54, 1.807) is 17.0 Å². The van der Waals surface area contributed by atoms with Crippen molar-refractivity contribution < 1.29 is 14.3 Å². The molecular formula is C21H23NO3. The Morgan fingerprint density at radius 2 is 1.76 bits per heavy atom. The standard InChI is InChI=1S/C21H23NO3/c1-4-16-8-10-18(11-9-16)25-21(24)17-12-19(23)22(13-17)20-14(2)6-5-7-15(20)3/h5-11,17H,4,12-13H2,1-3H3/t17-/m1/s1. The van der Waals surface area contributed by atoms with Gasteiger partial charge < -0.3 is 9.64 Å². The topological polar surface area (TPSA) is 46.6 Å². The second kappa shape index (κ2) is 7.09. The van der Waals surface area contributed by atoms with Gasteiger partial charge >= 0.3 is 5.97 Å². The minimum atomic E-state index is -0.433. The molecule has 1 heterocycles. The van der Waals surface area contributed by atoms with Crippen LogP contribution in [-0.2, 0) is 16.0 Å². The zero-order chi connectivity index (χ0) is 18.0. The van der Waals surface area contributed by atoms with Crippen LogP contribution in [-0.4, -0.2) is 18.4 Å². The minimum Gasteiger partial charge on any atom is -0.426 e. The fourth-order valence-electron chi connectivity index (χ4n) is 3.31.